The summed E-state index contributed by atoms with van der Waals surface area (Å²) < 4.78 is 175. The Morgan fingerprint density at radius 3 is 1.83 bits per heavy atom. The van der Waals surface area contributed by atoms with Gasteiger partial charge < -0.3 is 18.8 Å². The first-order valence-corrected chi connectivity index (χ1v) is 10.8. The van der Waals surface area contributed by atoms with Gasteiger partial charge >= 0.3 is 41.3 Å². The van der Waals surface area contributed by atoms with Crippen LogP contribution in [0.3, 0.4) is 0 Å². The number of carbonyl (C=O) groups excluding carboxylic acids is 2. The van der Waals surface area contributed by atoms with E-state index in [1.165, 1.54) is 13.8 Å². The van der Waals surface area contributed by atoms with Gasteiger partial charge in [-0.05, 0) is 18.8 Å². The molecular weight excluding hydrogens is 554 g/mol. The first-order chi connectivity index (χ1) is 15.8. The number of ether oxygens (including phenoxy) is 3. The average molecular weight is 573 g/mol. The van der Waals surface area contributed by atoms with Crippen molar-refractivity contribution in [3.05, 3.63) is 12.2 Å². The van der Waals surface area contributed by atoms with E-state index in [1.807, 2.05) is 0 Å². The molecule has 0 amide bonds. The molecule has 0 bridgehead atoms. The number of esters is 2. The summed E-state index contributed by atoms with van der Waals surface area (Å²) in [4.78, 5) is 23.7. The minimum Gasteiger partial charge on any atom is -0.743 e. The van der Waals surface area contributed by atoms with E-state index in [4.69, 9.17) is 0 Å². The lowest BCUT2D eigenvalue weighted by atomic mass is 10.1. The second-order valence-electron chi connectivity index (χ2n) is 7.45. The highest BCUT2D eigenvalue weighted by Crippen LogP contribution is 2.42. The molecule has 0 N–H and O–H groups in total. The largest absolute Gasteiger partial charge is 0.743 e. The van der Waals surface area contributed by atoms with Gasteiger partial charge in [-0.15, -0.1) is 0 Å². The molecule has 212 valence electrons. The third-order valence-corrected chi connectivity index (χ3v) is 4.87. The fourth-order valence-electron chi connectivity index (χ4n) is 2.02. The van der Waals surface area contributed by atoms with Crippen LogP contribution in [0.5, 0.6) is 0 Å². The first-order valence-electron chi connectivity index (χ1n) is 9.42. The summed E-state index contributed by atoms with van der Waals surface area (Å²) in [6.45, 7) is 2.56. The quantitative estimate of drug-likeness (QED) is 0.0809. The highest BCUT2D eigenvalue weighted by Gasteiger charge is 2.68. The molecular formula is C17H19F10O8S-. The molecule has 1 unspecified atom stereocenters. The van der Waals surface area contributed by atoms with Crippen LogP contribution >= 0.6 is 0 Å². The molecule has 8 nitrogen and oxygen atoms in total. The number of hydrogen-bond acceptors (Lipinski definition) is 8. The molecule has 0 radical (unpaired) electrons. The lowest BCUT2D eigenvalue weighted by Crippen LogP contribution is -2.59. The van der Waals surface area contributed by atoms with Gasteiger partial charge in [-0.1, -0.05) is 20.4 Å². The third-order valence-electron chi connectivity index (χ3n) is 3.94. The van der Waals surface area contributed by atoms with Gasteiger partial charge in [-0.2, -0.15) is 43.9 Å². The topological polar surface area (TPSA) is 119 Å². The fraction of sp³-hybridized carbons (Fsp3) is 0.765. The summed E-state index contributed by atoms with van der Waals surface area (Å²) in [6.07, 6.45) is -16.1. The summed E-state index contributed by atoms with van der Waals surface area (Å²) in [5.41, 5.74) is -2.49. The van der Waals surface area contributed by atoms with E-state index in [0.29, 0.717) is 0 Å². The second-order valence-corrected chi connectivity index (χ2v) is 8.87. The number of alkyl halides is 10. The van der Waals surface area contributed by atoms with Crippen LogP contribution in [0, 0.1) is 5.92 Å². The van der Waals surface area contributed by atoms with Gasteiger partial charge in [0, 0.05) is 6.42 Å². The number of hydrogen-bond donors (Lipinski definition) is 0. The van der Waals surface area contributed by atoms with E-state index >= 15 is 0 Å². The molecule has 0 aliphatic carbocycles. The van der Waals surface area contributed by atoms with Gasteiger partial charge in [-0.3, -0.25) is 0 Å². The highest BCUT2D eigenvalue weighted by atomic mass is 32.2. The molecule has 1 atom stereocenters. The predicted octanol–water partition coefficient (Wildman–Crippen LogP) is 4.07. The van der Waals surface area contributed by atoms with E-state index in [2.05, 4.69) is 20.8 Å². The molecule has 0 fully saturated rings. The van der Waals surface area contributed by atoms with Crippen LogP contribution in [0.4, 0.5) is 43.9 Å². The van der Waals surface area contributed by atoms with Gasteiger partial charge in [0.25, 0.3) is 0 Å². The molecule has 0 saturated heterocycles. The Kier molecular flexibility index (Phi) is 10.8. The van der Waals surface area contributed by atoms with Crippen molar-refractivity contribution in [2.24, 2.45) is 5.92 Å². The first kappa shape index (κ1) is 33.8. The molecule has 0 aromatic rings. The van der Waals surface area contributed by atoms with Crippen molar-refractivity contribution in [3.63, 3.8) is 0 Å². The van der Waals surface area contributed by atoms with Crippen LogP contribution < -0.4 is 0 Å². The summed E-state index contributed by atoms with van der Waals surface area (Å²) in [6, 6.07) is 0. The molecule has 0 aromatic carbocycles. The third kappa shape index (κ3) is 8.19. The monoisotopic (exact) mass is 573 g/mol. The van der Waals surface area contributed by atoms with E-state index in [9.17, 15) is 66.5 Å². The Balaban J connectivity index is 5.82. The van der Waals surface area contributed by atoms with Gasteiger partial charge in [0.1, 0.15) is 5.57 Å². The van der Waals surface area contributed by atoms with Crippen molar-refractivity contribution in [1.29, 1.82) is 0 Å². The van der Waals surface area contributed by atoms with Crippen molar-refractivity contribution in [1.82, 2.24) is 0 Å². The Morgan fingerprint density at radius 2 is 1.44 bits per heavy atom. The lowest BCUT2D eigenvalue weighted by molar-refractivity contribution is -0.355. The maximum absolute atomic E-state index is 13.7. The van der Waals surface area contributed by atoms with Crippen LogP contribution in [0.25, 0.3) is 0 Å². The van der Waals surface area contributed by atoms with Crippen LogP contribution in [0.15, 0.2) is 12.2 Å². The standard InChI is InChI=1S/C17H20F10O8S/c1-9(2)8-33-12(29)14(16(23,24)25,35-11(28)10(3)15(20,21)22)34-7-5-4-6-13(18,19)17(26,27)36(30,31)32/h9H,3-8H2,1-2H3,(H,30,31,32)/p-1. The Bertz CT molecular complexity index is 911. The molecule has 0 aliphatic heterocycles. The highest BCUT2D eigenvalue weighted by molar-refractivity contribution is 7.86. The summed E-state index contributed by atoms with van der Waals surface area (Å²) >= 11 is 0. The molecule has 0 saturated carbocycles. The lowest BCUT2D eigenvalue weighted by Gasteiger charge is -2.33. The molecule has 0 spiro atoms. The van der Waals surface area contributed by atoms with Crippen molar-refractivity contribution < 1.29 is 80.7 Å². The van der Waals surface area contributed by atoms with Crippen molar-refractivity contribution >= 4 is 22.1 Å². The summed E-state index contributed by atoms with van der Waals surface area (Å²) in [7, 11) is -6.84. The van der Waals surface area contributed by atoms with Crippen LogP contribution in [0.1, 0.15) is 33.1 Å². The minimum absolute atomic E-state index is 0.637. The molecule has 0 aliphatic rings. The predicted molar refractivity (Wildman–Crippen MR) is 95.3 cm³/mol. The maximum Gasteiger partial charge on any atom is 0.468 e. The normalized spacial score (nSPS) is 15.4. The number of carbonyl (C=O) groups is 2. The van der Waals surface area contributed by atoms with Crippen molar-refractivity contribution in [3.8, 4) is 0 Å². The van der Waals surface area contributed by atoms with Gasteiger partial charge in [0.2, 0.25) is 0 Å². The molecule has 36 heavy (non-hydrogen) atoms. The van der Waals surface area contributed by atoms with E-state index in [0.717, 1.165) is 0 Å². The van der Waals surface area contributed by atoms with Gasteiger partial charge in [0.15, 0.2) is 10.1 Å². The van der Waals surface area contributed by atoms with Crippen LogP contribution in [-0.4, -0.2) is 67.4 Å². The SMILES string of the molecule is C=C(C(=O)OC(OCCCCC(F)(F)C(F)(F)S(=O)(=O)[O-])(C(=O)OCC(C)C)C(F)(F)F)C(F)(F)F. The molecule has 0 heterocycles. The van der Waals surface area contributed by atoms with E-state index in [-0.39, 0.29) is 0 Å². The van der Waals surface area contributed by atoms with E-state index in [1.54, 1.807) is 0 Å². The van der Waals surface area contributed by atoms with E-state index < -0.39 is 95.3 Å². The Morgan fingerprint density at radius 1 is 0.944 bits per heavy atom. The van der Waals surface area contributed by atoms with Crippen molar-refractivity contribution in [2.75, 3.05) is 13.2 Å². The second kappa shape index (κ2) is 11.5. The zero-order valence-electron chi connectivity index (χ0n) is 18.3. The summed E-state index contributed by atoms with van der Waals surface area (Å²) in [5, 5.41) is -6.08. The number of unbranched alkanes of at least 4 members (excludes halogenated alkanes) is 1. The average Bonchev–Trinajstić information content (AvgIpc) is 2.67. The minimum atomic E-state index is -6.84. The van der Waals surface area contributed by atoms with Gasteiger partial charge in [0.05, 0.1) is 13.2 Å². The Labute approximate surface area is 197 Å². The van der Waals surface area contributed by atoms with Crippen molar-refractivity contribution in [2.45, 2.75) is 62.4 Å². The molecule has 19 heteroatoms. The number of rotatable bonds is 13. The fourth-order valence-corrected chi connectivity index (χ4v) is 2.49. The number of halogens is 10. The van der Waals surface area contributed by atoms with Crippen LogP contribution in [-0.2, 0) is 33.9 Å². The van der Waals surface area contributed by atoms with Crippen LogP contribution in [0.2, 0.25) is 0 Å². The molecule has 0 rings (SSSR count). The maximum atomic E-state index is 13.7. The molecule has 0 aromatic heterocycles. The zero-order valence-corrected chi connectivity index (χ0v) is 19.1. The smallest absolute Gasteiger partial charge is 0.468 e. The Hall–Kier alpha value is -2.15. The summed E-state index contributed by atoms with van der Waals surface area (Å²) in [5.74, 6) is -16.3. The zero-order chi connectivity index (χ0) is 29.0. The van der Waals surface area contributed by atoms with Gasteiger partial charge in [-0.25, -0.2) is 18.0 Å².